The first-order valence-electron chi connectivity index (χ1n) is 9.08. The van der Waals surface area contributed by atoms with Crippen molar-refractivity contribution in [3.63, 3.8) is 0 Å². The Morgan fingerprint density at radius 1 is 1.28 bits per heavy atom. The first-order valence-corrected chi connectivity index (χ1v) is 9.46. The minimum absolute atomic E-state index is 0.00270. The van der Waals surface area contributed by atoms with Crippen molar-refractivity contribution in [3.8, 4) is 23.0 Å². The van der Waals surface area contributed by atoms with Crippen LogP contribution in [0, 0.1) is 6.92 Å². The number of furan rings is 1. The first kappa shape index (κ1) is 17.7. The molecule has 1 aliphatic rings. The molecule has 9 heteroatoms. The van der Waals surface area contributed by atoms with E-state index in [9.17, 15) is 4.79 Å². The molecule has 1 amide bonds. The number of aromatic nitrogens is 4. The Morgan fingerprint density at radius 2 is 2.17 bits per heavy atom. The number of nitrogens with zero attached hydrogens (tertiary/aromatic N) is 4. The molecule has 4 heterocycles. The van der Waals surface area contributed by atoms with Gasteiger partial charge in [-0.05, 0) is 36.8 Å². The molecule has 0 radical (unpaired) electrons. The summed E-state index contributed by atoms with van der Waals surface area (Å²) in [6.07, 6.45) is 1.89. The lowest BCUT2D eigenvalue weighted by Crippen LogP contribution is -2.24. The van der Waals surface area contributed by atoms with Gasteiger partial charge < -0.3 is 13.8 Å². The van der Waals surface area contributed by atoms with Crippen molar-refractivity contribution in [1.82, 2.24) is 20.3 Å². The van der Waals surface area contributed by atoms with Crippen LogP contribution in [0.4, 0.5) is 5.69 Å². The third-order valence-corrected chi connectivity index (χ3v) is 5.39. The van der Waals surface area contributed by atoms with Crippen molar-refractivity contribution < 1.29 is 13.7 Å². The number of nitrogens with one attached hydrogen (secondary N) is 1. The van der Waals surface area contributed by atoms with E-state index >= 15 is 0 Å². The van der Waals surface area contributed by atoms with E-state index < -0.39 is 0 Å². The summed E-state index contributed by atoms with van der Waals surface area (Å²) >= 11 is 6.21. The highest BCUT2D eigenvalue weighted by Gasteiger charge is 2.35. The SMILES string of the molecule is Cc1ccc(N2CC(c3noc(-c4cc(-c5ccco5)n[nH]4)n3)CC2=O)cc1Cl. The molecule has 1 atom stereocenters. The van der Waals surface area contributed by atoms with Gasteiger partial charge in [-0.25, -0.2) is 0 Å². The molecule has 0 bridgehead atoms. The Kier molecular flexibility index (Phi) is 4.21. The number of halogens is 1. The quantitative estimate of drug-likeness (QED) is 0.542. The van der Waals surface area contributed by atoms with Crippen molar-refractivity contribution in [1.29, 1.82) is 0 Å². The highest BCUT2D eigenvalue weighted by Crippen LogP contribution is 2.33. The summed E-state index contributed by atoms with van der Waals surface area (Å²) in [5, 5.41) is 11.8. The number of benzene rings is 1. The molecule has 8 nitrogen and oxygen atoms in total. The number of aromatic amines is 1. The monoisotopic (exact) mass is 409 g/mol. The van der Waals surface area contributed by atoms with E-state index in [2.05, 4.69) is 20.3 Å². The van der Waals surface area contributed by atoms with E-state index in [1.54, 1.807) is 29.4 Å². The third-order valence-electron chi connectivity index (χ3n) is 4.98. The molecule has 1 aliphatic heterocycles. The van der Waals surface area contributed by atoms with Gasteiger partial charge in [-0.3, -0.25) is 9.89 Å². The number of carbonyl (C=O) groups excluding carboxylic acids is 1. The maximum absolute atomic E-state index is 12.5. The summed E-state index contributed by atoms with van der Waals surface area (Å²) < 4.78 is 10.7. The normalized spacial score (nSPS) is 16.7. The Balaban J connectivity index is 1.36. The number of anilines is 1. The summed E-state index contributed by atoms with van der Waals surface area (Å²) in [6, 6.07) is 11.0. The maximum atomic E-state index is 12.5. The Hall–Kier alpha value is -3.39. The lowest BCUT2D eigenvalue weighted by molar-refractivity contribution is -0.117. The van der Waals surface area contributed by atoms with Crippen LogP contribution in [0.2, 0.25) is 5.02 Å². The first-order chi connectivity index (χ1) is 14.1. The van der Waals surface area contributed by atoms with E-state index in [0.29, 0.717) is 46.9 Å². The van der Waals surface area contributed by atoms with Crippen LogP contribution in [0.3, 0.4) is 0 Å². The van der Waals surface area contributed by atoms with Gasteiger partial charge in [0.05, 0.1) is 6.26 Å². The fourth-order valence-corrected chi connectivity index (χ4v) is 3.55. The molecule has 1 saturated heterocycles. The summed E-state index contributed by atoms with van der Waals surface area (Å²) in [5.74, 6) is 1.29. The molecule has 1 aromatic carbocycles. The van der Waals surface area contributed by atoms with Crippen molar-refractivity contribution >= 4 is 23.2 Å². The van der Waals surface area contributed by atoms with Crippen LogP contribution >= 0.6 is 11.6 Å². The van der Waals surface area contributed by atoms with Crippen molar-refractivity contribution in [3.05, 3.63) is 59.1 Å². The number of carbonyl (C=O) groups is 1. The van der Waals surface area contributed by atoms with Gasteiger partial charge in [-0.1, -0.05) is 22.8 Å². The molecule has 1 fully saturated rings. The van der Waals surface area contributed by atoms with Crippen LogP contribution in [0.5, 0.6) is 0 Å². The Bertz CT molecular complexity index is 1180. The van der Waals surface area contributed by atoms with Crippen LogP contribution in [-0.4, -0.2) is 32.8 Å². The number of H-pyrrole nitrogens is 1. The summed E-state index contributed by atoms with van der Waals surface area (Å²) in [4.78, 5) is 18.7. The predicted octanol–water partition coefficient (Wildman–Crippen LogP) is 4.20. The second-order valence-corrected chi connectivity index (χ2v) is 7.35. The molecule has 4 aromatic rings. The minimum Gasteiger partial charge on any atom is -0.463 e. The summed E-state index contributed by atoms with van der Waals surface area (Å²) in [7, 11) is 0. The number of aryl methyl sites for hydroxylation is 1. The average molecular weight is 410 g/mol. The van der Waals surface area contributed by atoms with Gasteiger partial charge in [0.15, 0.2) is 11.6 Å². The standard InChI is InChI=1S/C20H16ClN5O3/c1-11-4-5-13(8-14(11)21)26-10-12(7-18(26)27)19-22-20(29-25-19)16-9-15(23-24-16)17-3-2-6-28-17/h2-6,8-9,12H,7,10H2,1H3,(H,23,24). The lowest BCUT2D eigenvalue weighted by Gasteiger charge is -2.17. The van der Waals surface area contributed by atoms with E-state index in [0.717, 1.165) is 11.3 Å². The zero-order valence-electron chi connectivity index (χ0n) is 15.4. The highest BCUT2D eigenvalue weighted by molar-refractivity contribution is 6.31. The van der Waals surface area contributed by atoms with E-state index in [4.69, 9.17) is 20.5 Å². The third kappa shape index (κ3) is 3.21. The molecular weight excluding hydrogens is 394 g/mol. The van der Waals surface area contributed by atoms with Gasteiger partial charge >= 0.3 is 0 Å². The molecule has 146 valence electrons. The summed E-state index contributed by atoms with van der Waals surface area (Å²) in [5.41, 5.74) is 2.97. The molecule has 5 rings (SSSR count). The number of rotatable bonds is 4. The number of hydrogen-bond donors (Lipinski definition) is 1. The van der Waals surface area contributed by atoms with Crippen LogP contribution in [-0.2, 0) is 4.79 Å². The fraction of sp³-hybridized carbons (Fsp3) is 0.200. The smallest absolute Gasteiger partial charge is 0.275 e. The van der Waals surface area contributed by atoms with Crippen molar-refractivity contribution in [2.45, 2.75) is 19.3 Å². The zero-order valence-corrected chi connectivity index (χ0v) is 16.2. The number of amides is 1. The second-order valence-electron chi connectivity index (χ2n) is 6.94. The molecule has 0 saturated carbocycles. The molecule has 1 unspecified atom stereocenters. The van der Waals surface area contributed by atoms with E-state index in [1.165, 1.54) is 0 Å². The largest absolute Gasteiger partial charge is 0.463 e. The van der Waals surface area contributed by atoms with E-state index in [-0.39, 0.29) is 11.8 Å². The van der Waals surface area contributed by atoms with Crippen LogP contribution < -0.4 is 4.90 Å². The van der Waals surface area contributed by atoms with Crippen LogP contribution in [0.25, 0.3) is 23.0 Å². The average Bonchev–Trinajstić information content (AvgIpc) is 3.49. The van der Waals surface area contributed by atoms with Crippen LogP contribution in [0.15, 0.2) is 51.6 Å². The zero-order chi connectivity index (χ0) is 20.0. The van der Waals surface area contributed by atoms with Crippen molar-refractivity contribution in [2.75, 3.05) is 11.4 Å². The van der Waals surface area contributed by atoms with Gasteiger partial charge in [0.25, 0.3) is 5.89 Å². The molecule has 0 aliphatic carbocycles. The molecule has 29 heavy (non-hydrogen) atoms. The molecule has 3 aromatic heterocycles. The second kappa shape index (κ2) is 6.89. The summed E-state index contributed by atoms with van der Waals surface area (Å²) in [6.45, 7) is 2.39. The van der Waals surface area contributed by atoms with Gasteiger partial charge in [-0.2, -0.15) is 10.1 Å². The minimum atomic E-state index is -0.160. The highest BCUT2D eigenvalue weighted by atomic mass is 35.5. The molecular formula is C20H16ClN5O3. The molecule has 0 spiro atoms. The van der Waals surface area contributed by atoms with E-state index in [1.807, 2.05) is 25.1 Å². The topological polar surface area (TPSA) is 101 Å². The van der Waals surface area contributed by atoms with Gasteiger partial charge in [0, 0.05) is 35.7 Å². The fourth-order valence-electron chi connectivity index (χ4n) is 3.37. The van der Waals surface area contributed by atoms with Crippen LogP contribution in [0.1, 0.15) is 23.7 Å². The maximum Gasteiger partial charge on any atom is 0.275 e. The lowest BCUT2D eigenvalue weighted by atomic mass is 10.1. The van der Waals surface area contributed by atoms with Gasteiger partial charge in [-0.15, -0.1) is 0 Å². The number of hydrogen-bond acceptors (Lipinski definition) is 6. The predicted molar refractivity (Wildman–Crippen MR) is 105 cm³/mol. The van der Waals surface area contributed by atoms with Crippen molar-refractivity contribution in [2.24, 2.45) is 0 Å². The molecule has 1 N–H and O–H groups in total. The van der Waals surface area contributed by atoms with Gasteiger partial charge in [0.2, 0.25) is 5.91 Å². The Morgan fingerprint density at radius 3 is 2.97 bits per heavy atom. The van der Waals surface area contributed by atoms with Gasteiger partial charge in [0.1, 0.15) is 11.4 Å². The Labute approximate surface area is 170 Å².